The lowest BCUT2D eigenvalue weighted by molar-refractivity contribution is 0.292. The molecule has 1 rings (SSSR count). The molecule has 102 valence electrons. The number of hydrogen-bond acceptors (Lipinski definition) is 3. The molecule has 1 heterocycles. The maximum absolute atomic E-state index is 6.04. The minimum absolute atomic E-state index is 0.659. The van der Waals surface area contributed by atoms with E-state index in [1.54, 1.807) is 0 Å². The van der Waals surface area contributed by atoms with Crippen LogP contribution in [-0.2, 0) is 6.54 Å². The first-order chi connectivity index (χ1) is 8.77. The van der Waals surface area contributed by atoms with Gasteiger partial charge in [-0.2, -0.15) is 0 Å². The van der Waals surface area contributed by atoms with Gasteiger partial charge >= 0.3 is 0 Å². The van der Waals surface area contributed by atoms with Crippen LogP contribution >= 0.6 is 11.6 Å². The van der Waals surface area contributed by atoms with Crippen molar-refractivity contribution in [3.63, 3.8) is 0 Å². The van der Waals surface area contributed by atoms with Crippen molar-refractivity contribution in [1.82, 2.24) is 10.3 Å². The summed E-state index contributed by atoms with van der Waals surface area (Å²) in [5, 5.41) is 3.72. The van der Waals surface area contributed by atoms with Crippen LogP contribution in [0.3, 0.4) is 0 Å². The summed E-state index contributed by atoms with van der Waals surface area (Å²) in [6.45, 7) is 3.61. The average molecular weight is 271 g/mol. The van der Waals surface area contributed by atoms with E-state index in [9.17, 15) is 0 Å². The molecule has 0 aliphatic heterocycles. The molecule has 0 aromatic carbocycles. The van der Waals surface area contributed by atoms with Crippen molar-refractivity contribution in [3.05, 3.63) is 22.8 Å². The molecule has 0 amide bonds. The minimum Gasteiger partial charge on any atom is -0.478 e. The Morgan fingerprint density at radius 2 is 2.00 bits per heavy atom. The van der Waals surface area contributed by atoms with E-state index >= 15 is 0 Å². The van der Waals surface area contributed by atoms with Crippen molar-refractivity contribution in [2.75, 3.05) is 13.7 Å². The lowest BCUT2D eigenvalue weighted by atomic mass is 10.2. The standard InChI is InChI=1S/C14H23ClN2O/c1-3-4-5-6-7-10-18-14-9-8-12(15)13(17-14)11-16-2/h8-9,16H,3-7,10-11H2,1-2H3. The highest BCUT2D eigenvalue weighted by molar-refractivity contribution is 6.31. The summed E-state index contributed by atoms with van der Waals surface area (Å²) in [7, 11) is 1.87. The van der Waals surface area contributed by atoms with E-state index in [1.807, 2.05) is 19.2 Å². The molecule has 0 fully saturated rings. The number of nitrogens with one attached hydrogen (secondary N) is 1. The maximum Gasteiger partial charge on any atom is 0.213 e. The topological polar surface area (TPSA) is 34.1 Å². The predicted molar refractivity (Wildman–Crippen MR) is 76.3 cm³/mol. The monoisotopic (exact) mass is 270 g/mol. The zero-order valence-electron chi connectivity index (χ0n) is 11.3. The van der Waals surface area contributed by atoms with E-state index in [4.69, 9.17) is 16.3 Å². The minimum atomic E-state index is 0.659. The molecule has 0 aliphatic rings. The van der Waals surface area contributed by atoms with Gasteiger partial charge in [0.25, 0.3) is 0 Å². The lowest BCUT2D eigenvalue weighted by Gasteiger charge is -2.08. The molecule has 0 saturated heterocycles. The van der Waals surface area contributed by atoms with E-state index < -0.39 is 0 Å². The van der Waals surface area contributed by atoms with Gasteiger partial charge in [0.15, 0.2) is 0 Å². The summed E-state index contributed by atoms with van der Waals surface area (Å²) in [6.07, 6.45) is 6.19. The summed E-state index contributed by atoms with van der Waals surface area (Å²) >= 11 is 6.04. The molecule has 4 heteroatoms. The first-order valence-corrected chi connectivity index (χ1v) is 7.08. The molecule has 1 aromatic heterocycles. The van der Waals surface area contributed by atoms with E-state index in [0.717, 1.165) is 18.7 Å². The molecule has 3 nitrogen and oxygen atoms in total. The van der Waals surface area contributed by atoms with Gasteiger partial charge in [-0.1, -0.05) is 44.2 Å². The van der Waals surface area contributed by atoms with Crippen molar-refractivity contribution < 1.29 is 4.74 Å². The summed E-state index contributed by atoms with van der Waals surface area (Å²) in [6, 6.07) is 3.67. The number of unbranched alkanes of at least 4 members (excludes halogenated alkanes) is 4. The van der Waals surface area contributed by atoms with Gasteiger partial charge in [-0.25, -0.2) is 4.98 Å². The van der Waals surface area contributed by atoms with Crippen molar-refractivity contribution in [1.29, 1.82) is 0 Å². The summed E-state index contributed by atoms with van der Waals surface area (Å²) in [4.78, 5) is 4.38. The van der Waals surface area contributed by atoms with Gasteiger partial charge in [0, 0.05) is 12.6 Å². The Labute approximate surface area is 115 Å². The number of halogens is 1. The van der Waals surface area contributed by atoms with Crippen LogP contribution in [0, 0.1) is 0 Å². The SMILES string of the molecule is CCCCCCCOc1ccc(Cl)c(CNC)n1. The van der Waals surface area contributed by atoms with Crippen LogP contribution in [0.4, 0.5) is 0 Å². The molecular formula is C14H23ClN2O. The number of ether oxygens (including phenoxy) is 1. The first kappa shape index (κ1) is 15.3. The Hall–Kier alpha value is -0.800. The third-order valence-corrected chi connectivity index (χ3v) is 3.08. The zero-order chi connectivity index (χ0) is 13.2. The van der Waals surface area contributed by atoms with Gasteiger partial charge in [-0.05, 0) is 19.5 Å². The Balaban J connectivity index is 2.31. The highest BCUT2D eigenvalue weighted by Gasteiger charge is 2.03. The van der Waals surface area contributed by atoms with Gasteiger partial charge in [0.05, 0.1) is 17.3 Å². The van der Waals surface area contributed by atoms with Crippen LogP contribution in [0.1, 0.15) is 44.7 Å². The average Bonchev–Trinajstić information content (AvgIpc) is 2.37. The van der Waals surface area contributed by atoms with E-state index in [1.165, 1.54) is 25.7 Å². The highest BCUT2D eigenvalue weighted by atomic mass is 35.5. The molecule has 0 saturated carbocycles. The number of rotatable bonds is 9. The summed E-state index contributed by atoms with van der Waals surface area (Å²) in [5.41, 5.74) is 0.836. The first-order valence-electron chi connectivity index (χ1n) is 6.70. The molecule has 0 spiro atoms. The maximum atomic E-state index is 6.04. The Bertz CT molecular complexity index is 345. The van der Waals surface area contributed by atoms with Gasteiger partial charge < -0.3 is 10.1 Å². The predicted octanol–water partition coefficient (Wildman–Crippen LogP) is 3.80. The summed E-state index contributed by atoms with van der Waals surface area (Å²) in [5.74, 6) is 0.667. The van der Waals surface area contributed by atoms with Crippen LogP contribution in [0.5, 0.6) is 5.88 Å². The Morgan fingerprint density at radius 1 is 1.22 bits per heavy atom. The van der Waals surface area contributed by atoms with E-state index in [-0.39, 0.29) is 0 Å². The molecule has 0 bridgehead atoms. The number of nitrogens with zero attached hydrogens (tertiary/aromatic N) is 1. The molecule has 0 radical (unpaired) electrons. The third kappa shape index (κ3) is 5.69. The Kier molecular flexibility index (Phi) is 7.78. The molecule has 0 aliphatic carbocycles. The van der Waals surface area contributed by atoms with Crippen LogP contribution in [-0.4, -0.2) is 18.6 Å². The van der Waals surface area contributed by atoms with Gasteiger partial charge in [0.1, 0.15) is 0 Å². The summed E-state index contributed by atoms with van der Waals surface area (Å²) < 4.78 is 5.63. The second-order valence-corrected chi connectivity index (χ2v) is 4.78. The van der Waals surface area contributed by atoms with E-state index in [2.05, 4.69) is 17.2 Å². The van der Waals surface area contributed by atoms with Gasteiger partial charge in [0.2, 0.25) is 5.88 Å². The van der Waals surface area contributed by atoms with Crippen LogP contribution in [0.2, 0.25) is 5.02 Å². The Morgan fingerprint density at radius 3 is 2.72 bits per heavy atom. The molecule has 0 unspecified atom stereocenters. The van der Waals surface area contributed by atoms with Crippen LogP contribution in [0.15, 0.2) is 12.1 Å². The van der Waals surface area contributed by atoms with Crippen molar-refractivity contribution in [2.24, 2.45) is 0 Å². The molecule has 1 aromatic rings. The quantitative estimate of drug-likeness (QED) is 0.693. The van der Waals surface area contributed by atoms with Gasteiger partial charge in [-0.15, -0.1) is 0 Å². The van der Waals surface area contributed by atoms with Crippen molar-refractivity contribution in [2.45, 2.75) is 45.6 Å². The second-order valence-electron chi connectivity index (χ2n) is 4.37. The van der Waals surface area contributed by atoms with Gasteiger partial charge in [-0.3, -0.25) is 0 Å². The van der Waals surface area contributed by atoms with E-state index in [0.29, 0.717) is 17.4 Å². The molecule has 18 heavy (non-hydrogen) atoms. The van der Waals surface area contributed by atoms with Crippen LogP contribution < -0.4 is 10.1 Å². The molecule has 1 N–H and O–H groups in total. The third-order valence-electron chi connectivity index (χ3n) is 2.74. The smallest absolute Gasteiger partial charge is 0.213 e. The second kappa shape index (κ2) is 9.17. The fraction of sp³-hybridized carbons (Fsp3) is 0.643. The number of pyridine rings is 1. The fourth-order valence-electron chi connectivity index (χ4n) is 1.72. The van der Waals surface area contributed by atoms with Crippen molar-refractivity contribution >= 4 is 11.6 Å². The lowest BCUT2D eigenvalue weighted by Crippen LogP contribution is -2.08. The normalized spacial score (nSPS) is 10.6. The number of aromatic nitrogens is 1. The number of hydrogen-bond donors (Lipinski definition) is 1. The molecular weight excluding hydrogens is 248 g/mol. The highest BCUT2D eigenvalue weighted by Crippen LogP contribution is 2.18. The van der Waals surface area contributed by atoms with Crippen molar-refractivity contribution in [3.8, 4) is 5.88 Å². The zero-order valence-corrected chi connectivity index (χ0v) is 12.1. The fourth-order valence-corrected chi connectivity index (χ4v) is 1.89. The largest absolute Gasteiger partial charge is 0.478 e. The molecule has 0 atom stereocenters. The van der Waals surface area contributed by atoms with Crippen LogP contribution in [0.25, 0.3) is 0 Å².